The van der Waals surface area contributed by atoms with Gasteiger partial charge < -0.3 is 4.74 Å². The molecule has 1 spiro atoms. The summed E-state index contributed by atoms with van der Waals surface area (Å²) in [6.45, 7) is 4.63. The molecule has 250 valence electrons. The molecule has 0 atom stereocenters. The first-order valence-electron chi connectivity index (χ1n) is 18.2. The van der Waals surface area contributed by atoms with E-state index in [0.717, 1.165) is 28.2 Å². The maximum Gasteiger partial charge on any atom is 0.164 e. The van der Waals surface area contributed by atoms with Crippen LogP contribution >= 0.6 is 0 Å². The van der Waals surface area contributed by atoms with E-state index in [1.165, 1.54) is 55.6 Å². The maximum absolute atomic E-state index is 6.92. The molecule has 0 saturated heterocycles. The van der Waals surface area contributed by atoms with Crippen LogP contribution in [0.15, 0.2) is 164 Å². The van der Waals surface area contributed by atoms with E-state index in [9.17, 15) is 0 Å². The third-order valence-corrected chi connectivity index (χ3v) is 11.6. The molecular weight excluding hydrogens is 647 g/mol. The first kappa shape index (κ1) is 30.0. The lowest BCUT2D eigenvalue weighted by Gasteiger charge is -2.40. The van der Waals surface area contributed by atoms with Crippen LogP contribution in [0.2, 0.25) is 0 Å². The van der Waals surface area contributed by atoms with Gasteiger partial charge in [-0.1, -0.05) is 159 Å². The van der Waals surface area contributed by atoms with Crippen LogP contribution in [0.25, 0.3) is 56.4 Å². The number of rotatable bonds is 3. The molecule has 7 aromatic carbocycles. The van der Waals surface area contributed by atoms with Gasteiger partial charge in [-0.25, -0.2) is 15.0 Å². The Kier molecular flexibility index (Phi) is 6.19. The van der Waals surface area contributed by atoms with Crippen LogP contribution in [0.4, 0.5) is 0 Å². The van der Waals surface area contributed by atoms with Crippen molar-refractivity contribution >= 4 is 0 Å². The second-order valence-electron chi connectivity index (χ2n) is 14.7. The summed E-state index contributed by atoms with van der Waals surface area (Å²) in [5.41, 5.74) is 14.3. The lowest BCUT2D eigenvalue weighted by atomic mass is 9.65. The van der Waals surface area contributed by atoms with Gasteiger partial charge in [0, 0.05) is 33.2 Å². The highest BCUT2D eigenvalue weighted by atomic mass is 16.5. The van der Waals surface area contributed by atoms with E-state index in [1.54, 1.807) is 0 Å². The highest BCUT2D eigenvalue weighted by Crippen LogP contribution is 2.64. The molecule has 8 aromatic rings. The van der Waals surface area contributed by atoms with Gasteiger partial charge in [0.15, 0.2) is 17.5 Å². The summed E-state index contributed by atoms with van der Waals surface area (Å²) < 4.78 is 6.92. The van der Waals surface area contributed by atoms with Gasteiger partial charge in [-0.15, -0.1) is 0 Å². The fourth-order valence-electron chi connectivity index (χ4n) is 9.34. The Bertz CT molecular complexity index is 2680. The van der Waals surface area contributed by atoms with Crippen molar-refractivity contribution in [2.45, 2.75) is 24.7 Å². The van der Waals surface area contributed by atoms with Crippen LogP contribution in [0.5, 0.6) is 11.5 Å². The van der Waals surface area contributed by atoms with Crippen molar-refractivity contribution in [1.82, 2.24) is 15.0 Å². The van der Waals surface area contributed by atoms with Crippen molar-refractivity contribution in [3.05, 3.63) is 197 Å². The fourth-order valence-corrected chi connectivity index (χ4v) is 9.34. The highest BCUT2D eigenvalue weighted by Gasteiger charge is 2.52. The molecule has 11 rings (SSSR count). The molecule has 0 amide bonds. The van der Waals surface area contributed by atoms with Crippen molar-refractivity contribution in [3.63, 3.8) is 0 Å². The normalized spacial score (nSPS) is 14.7. The van der Waals surface area contributed by atoms with E-state index in [-0.39, 0.29) is 5.41 Å². The SMILES string of the molecule is CC1(C)c2cc3c(cc2-c2cccc(-c4nc(-c5ccccc5)nc(-c5ccccc5)n4)c21)C1(c2ccccc2O3)c2ccccc2-c2ccccc21. The zero-order valence-corrected chi connectivity index (χ0v) is 29.3. The molecule has 2 heterocycles. The molecule has 4 heteroatoms. The van der Waals surface area contributed by atoms with Crippen molar-refractivity contribution in [2.75, 3.05) is 0 Å². The highest BCUT2D eigenvalue weighted by molar-refractivity contribution is 5.92. The lowest BCUT2D eigenvalue weighted by molar-refractivity contribution is 0.435. The summed E-state index contributed by atoms with van der Waals surface area (Å²) >= 11 is 0. The summed E-state index contributed by atoms with van der Waals surface area (Å²) in [7, 11) is 0. The first-order chi connectivity index (χ1) is 26.0. The van der Waals surface area contributed by atoms with Crippen molar-refractivity contribution in [1.29, 1.82) is 0 Å². The predicted molar refractivity (Wildman–Crippen MR) is 211 cm³/mol. The number of benzene rings is 7. The summed E-state index contributed by atoms with van der Waals surface area (Å²) in [5, 5.41) is 0. The molecule has 1 aromatic heterocycles. The van der Waals surface area contributed by atoms with Crippen LogP contribution in [0.1, 0.15) is 47.2 Å². The van der Waals surface area contributed by atoms with Gasteiger partial charge in [-0.2, -0.15) is 0 Å². The smallest absolute Gasteiger partial charge is 0.164 e. The van der Waals surface area contributed by atoms with Gasteiger partial charge in [0.05, 0.1) is 5.41 Å². The Labute approximate surface area is 308 Å². The second-order valence-corrected chi connectivity index (χ2v) is 14.7. The number of nitrogens with zero attached hydrogens (tertiary/aromatic N) is 3. The second kappa shape index (κ2) is 10.9. The molecule has 3 aliphatic rings. The number of aromatic nitrogens is 3. The monoisotopic (exact) mass is 679 g/mol. The van der Waals surface area contributed by atoms with Gasteiger partial charge in [0.25, 0.3) is 0 Å². The van der Waals surface area contributed by atoms with E-state index in [4.69, 9.17) is 19.7 Å². The Hall–Kier alpha value is -6.65. The Morgan fingerprint density at radius 3 is 1.53 bits per heavy atom. The molecule has 0 bridgehead atoms. The van der Waals surface area contributed by atoms with Gasteiger partial charge in [0.1, 0.15) is 11.5 Å². The minimum absolute atomic E-state index is 0.373. The van der Waals surface area contributed by atoms with Gasteiger partial charge >= 0.3 is 0 Å². The Balaban J connectivity index is 1.17. The fraction of sp³-hybridized carbons (Fsp3) is 0.0816. The topological polar surface area (TPSA) is 47.9 Å². The minimum atomic E-state index is -0.527. The first-order valence-corrected chi connectivity index (χ1v) is 18.2. The number of ether oxygens (including phenoxy) is 1. The van der Waals surface area contributed by atoms with Crippen LogP contribution in [0, 0.1) is 0 Å². The molecule has 0 saturated carbocycles. The third-order valence-electron chi connectivity index (χ3n) is 11.6. The largest absolute Gasteiger partial charge is 0.457 e. The number of hydrogen-bond donors (Lipinski definition) is 0. The van der Waals surface area contributed by atoms with Crippen LogP contribution < -0.4 is 4.74 Å². The van der Waals surface area contributed by atoms with Gasteiger partial charge in [-0.3, -0.25) is 0 Å². The molecular formula is C49H33N3O. The molecule has 0 radical (unpaired) electrons. The average Bonchev–Trinajstić information content (AvgIpc) is 3.63. The number of para-hydroxylation sites is 1. The van der Waals surface area contributed by atoms with E-state index in [0.29, 0.717) is 17.5 Å². The molecule has 53 heavy (non-hydrogen) atoms. The zero-order chi connectivity index (χ0) is 35.3. The van der Waals surface area contributed by atoms with Crippen molar-refractivity contribution in [2.24, 2.45) is 0 Å². The van der Waals surface area contributed by atoms with E-state index >= 15 is 0 Å². The van der Waals surface area contributed by atoms with Gasteiger partial charge in [0.2, 0.25) is 0 Å². The van der Waals surface area contributed by atoms with Crippen LogP contribution in [0.3, 0.4) is 0 Å². The quantitative estimate of drug-likeness (QED) is 0.186. The molecule has 4 nitrogen and oxygen atoms in total. The third kappa shape index (κ3) is 4.09. The molecule has 0 unspecified atom stereocenters. The number of hydrogen-bond acceptors (Lipinski definition) is 4. The van der Waals surface area contributed by atoms with Crippen LogP contribution in [-0.4, -0.2) is 15.0 Å². The van der Waals surface area contributed by atoms with Gasteiger partial charge in [-0.05, 0) is 62.7 Å². The molecule has 0 N–H and O–H groups in total. The summed E-state index contributed by atoms with van der Waals surface area (Å²) in [6, 6.07) is 58.0. The lowest BCUT2D eigenvalue weighted by Crippen LogP contribution is -2.32. The van der Waals surface area contributed by atoms with E-state index < -0.39 is 5.41 Å². The maximum atomic E-state index is 6.92. The summed E-state index contributed by atoms with van der Waals surface area (Å²) in [5.74, 6) is 3.77. The predicted octanol–water partition coefficient (Wildman–Crippen LogP) is 11.6. The van der Waals surface area contributed by atoms with E-state index in [2.05, 4.69) is 141 Å². The minimum Gasteiger partial charge on any atom is -0.457 e. The number of fused-ring (bicyclic) bond motifs is 12. The summed E-state index contributed by atoms with van der Waals surface area (Å²) in [6.07, 6.45) is 0. The Morgan fingerprint density at radius 2 is 0.887 bits per heavy atom. The Morgan fingerprint density at radius 1 is 0.377 bits per heavy atom. The average molecular weight is 680 g/mol. The molecule has 1 aliphatic heterocycles. The summed E-state index contributed by atoms with van der Waals surface area (Å²) in [4.78, 5) is 15.3. The van der Waals surface area contributed by atoms with E-state index in [1.807, 2.05) is 36.4 Å². The molecule has 0 fully saturated rings. The molecule has 2 aliphatic carbocycles. The van der Waals surface area contributed by atoms with Crippen molar-refractivity contribution in [3.8, 4) is 67.9 Å². The zero-order valence-electron chi connectivity index (χ0n) is 29.3. The standard InChI is InChI=1S/C49H33N3O/c1-48(2)40-29-43-41(49(39-26-13-14-27-42(39)53-43)37-24-11-9-20-32(37)33-21-10-12-25-38(33)49)28-36(40)34-22-15-23-35(44(34)48)47-51-45(30-16-5-3-6-17-30)50-46(52-47)31-18-7-4-8-19-31/h3-29H,1-2H3. The van der Waals surface area contributed by atoms with Crippen LogP contribution in [-0.2, 0) is 10.8 Å². The van der Waals surface area contributed by atoms with Crippen molar-refractivity contribution < 1.29 is 4.74 Å².